The van der Waals surface area contributed by atoms with E-state index < -0.39 is 28.6 Å². The van der Waals surface area contributed by atoms with Gasteiger partial charge in [-0.2, -0.15) is 0 Å². The molecule has 3 heterocycles. The van der Waals surface area contributed by atoms with Gasteiger partial charge in [-0.25, -0.2) is 0 Å². The molecule has 4 rings (SSSR count). The molecule has 3 aliphatic heterocycles. The minimum absolute atomic E-state index is 0.00924. The van der Waals surface area contributed by atoms with E-state index in [-0.39, 0.29) is 48.2 Å². The molecule has 3 unspecified atom stereocenters. The third-order valence-corrected chi connectivity index (χ3v) is 10.6. The van der Waals surface area contributed by atoms with E-state index in [2.05, 4.69) is 29.1 Å². The van der Waals surface area contributed by atoms with Crippen molar-refractivity contribution in [2.75, 3.05) is 31.2 Å². The first kappa shape index (κ1) is 27.2. The Bertz CT molecular complexity index is 1040. The van der Waals surface area contributed by atoms with E-state index in [1.807, 2.05) is 0 Å². The maximum Gasteiger partial charge on any atom is 0.310 e. The lowest BCUT2D eigenvalue weighted by molar-refractivity contribution is -0.154. The van der Waals surface area contributed by atoms with Crippen molar-refractivity contribution < 1.29 is 24.2 Å². The molecule has 1 N–H and O–H groups in total. The number of hydrogen-bond donors (Lipinski definition) is 1. The normalized spacial score (nSPS) is 30.2. The Labute approximate surface area is 229 Å². The Morgan fingerprint density at radius 2 is 2.03 bits per heavy atom. The van der Waals surface area contributed by atoms with Crippen LogP contribution in [0.1, 0.15) is 19.3 Å². The van der Waals surface area contributed by atoms with Crippen molar-refractivity contribution >= 4 is 62.8 Å². The highest BCUT2D eigenvalue weighted by Gasteiger charge is 2.76. The van der Waals surface area contributed by atoms with E-state index in [0.29, 0.717) is 23.6 Å². The number of halogens is 2. The summed E-state index contributed by atoms with van der Waals surface area (Å²) in [7, 11) is 0. The van der Waals surface area contributed by atoms with Gasteiger partial charge in [0.05, 0.1) is 29.8 Å². The van der Waals surface area contributed by atoms with Crippen LogP contribution in [0.15, 0.2) is 49.6 Å². The Hall–Kier alpha value is -1.81. The molecule has 36 heavy (non-hydrogen) atoms. The van der Waals surface area contributed by atoms with Crippen molar-refractivity contribution in [2.45, 2.75) is 40.1 Å². The minimum Gasteiger partial charge on any atom is -0.465 e. The second-order valence-corrected chi connectivity index (χ2v) is 12.4. The molecule has 6 atom stereocenters. The van der Waals surface area contributed by atoms with Gasteiger partial charge in [-0.05, 0) is 43.5 Å². The molecule has 3 aliphatic rings. The number of benzene rings is 1. The molecule has 10 heteroatoms. The highest BCUT2D eigenvalue weighted by molar-refractivity contribution is 9.09. The van der Waals surface area contributed by atoms with Gasteiger partial charge in [0.2, 0.25) is 5.91 Å². The molecule has 2 bridgehead atoms. The Morgan fingerprint density at radius 3 is 2.67 bits per heavy atom. The molecule has 1 aromatic rings. The van der Waals surface area contributed by atoms with E-state index in [4.69, 9.17) is 16.3 Å². The number of carbonyl (C=O) groups excluding carboxylic acids is 3. The lowest BCUT2D eigenvalue weighted by atomic mass is 9.71. The number of allylic oxidation sites excluding steroid dienone is 1. The van der Waals surface area contributed by atoms with Crippen molar-refractivity contribution in [3.63, 3.8) is 0 Å². The number of alkyl halides is 1. The number of hydrogen-bond acceptors (Lipinski definition) is 6. The zero-order valence-corrected chi connectivity index (χ0v) is 23.0. The molecule has 0 radical (unpaired) electrons. The average molecular weight is 598 g/mol. The quantitative estimate of drug-likeness (QED) is 0.181. The summed E-state index contributed by atoms with van der Waals surface area (Å²) in [6, 6.07) is 6.07. The van der Waals surface area contributed by atoms with Gasteiger partial charge in [-0.15, -0.1) is 24.9 Å². The Kier molecular flexibility index (Phi) is 8.54. The number of rotatable bonds is 11. The predicted octanol–water partition coefficient (Wildman–Crippen LogP) is 3.83. The molecule has 0 aromatic heterocycles. The molecule has 1 aromatic carbocycles. The first-order valence-corrected chi connectivity index (χ1v) is 14.2. The second kappa shape index (κ2) is 11.3. The Balaban J connectivity index is 1.70. The van der Waals surface area contributed by atoms with Crippen LogP contribution in [0.25, 0.3) is 0 Å². The fourth-order valence-electron chi connectivity index (χ4n) is 5.74. The molecule has 7 nitrogen and oxygen atoms in total. The maximum atomic E-state index is 14.2. The molecular formula is C26H30BrClN2O5S. The van der Waals surface area contributed by atoms with Crippen molar-refractivity contribution in [1.82, 2.24) is 4.90 Å². The summed E-state index contributed by atoms with van der Waals surface area (Å²) < 4.78 is 4.77. The molecule has 3 fully saturated rings. The van der Waals surface area contributed by atoms with Gasteiger partial charge in [-0.1, -0.05) is 39.7 Å². The third kappa shape index (κ3) is 4.64. The highest BCUT2D eigenvalue weighted by atomic mass is 79.9. The van der Waals surface area contributed by atoms with Crippen molar-refractivity contribution in [3.05, 3.63) is 54.6 Å². The number of anilines is 1. The Morgan fingerprint density at radius 1 is 1.31 bits per heavy atom. The number of nitrogens with zero attached hydrogens (tertiary/aromatic N) is 2. The summed E-state index contributed by atoms with van der Waals surface area (Å²) in [4.78, 5) is 44.2. The van der Waals surface area contributed by atoms with Gasteiger partial charge in [0.1, 0.15) is 6.04 Å². The van der Waals surface area contributed by atoms with Gasteiger partial charge in [0.25, 0.3) is 5.91 Å². The zero-order chi connectivity index (χ0) is 26.0. The van der Waals surface area contributed by atoms with Gasteiger partial charge in [-0.3, -0.25) is 14.4 Å². The fraction of sp³-hybridized carbons (Fsp3) is 0.500. The first-order chi connectivity index (χ1) is 17.3. The zero-order valence-electron chi connectivity index (χ0n) is 19.9. The van der Waals surface area contributed by atoms with Crippen LogP contribution >= 0.6 is 39.3 Å². The molecule has 3 saturated heterocycles. The van der Waals surface area contributed by atoms with E-state index >= 15 is 0 Å². The lowest BCUT2D eigenvalue weighted by Crippen LogP contribution is -2.56. The summed E-state index contributed by atoms with van der Waals surface area (Å²) in [6.07, 6.45) is 5.35. The average Bonchev–Trinajstić information content (AvgIpc) is 3.44. The largest absolute Gasteiger partial charge is 0.465 e. The van der Waals surface area contributed by atoms with E-state index in [1.54, 1.807) is 41.3 Å². The van der Waals surface area contributed by atoms with E-state index in [1.165, 1.54) is 16.7 Å². The predicted molar refractivity (Wildman–Crippen MR) is 145 cm³/mol. The van der Waals surface area contributed by atoms with Crippen LogP contribution < -0.4 is 4.90 Å². The second-order valence-electron chi connectivity index (χ2n) is 9.23. The van der Waals surface area contributed by atoms with Crippen molar-refractivity contribution in [2.24, 2.45) is 11.8 Å². The van der Waals surface area contributed by atoms with Crippen LogP contribution in [0, 0.1) is 11.8 Å². The monoisotopic (exact) mass is 596 g/mol. The smallest absolute Gasteiger partial charge is 0.310 e. The fourth-order valence-corrected chi connectivity index (χ4v) is 9.46. The number of fused-ring (bicyclic) bond motifs is 1. The molecule has 1 spiro atoms. The van der Waals surface area contributed by atoms with Gasteiger partial charge in [0.15, 0.2) is 0 Å². The number of aliphatic hydroxyl groups is 1. The molecule has 194 valence electrons. The lowest BCUT2D eigenvalue weighted by Gasteiger charge is -2.37. The van der Waals surface area contributed by atoms with Crippen molar-refractivity contribution in [1.29, 1.82) is 0 Å². The van der Waals surface area contributed by atoms with Crippen LogP contribution in [0.4, 0.5) is 5.69 Å². The van der Waals surface area contributed by atoms with Crippen LogP contribution in [0.5, 0.6) is 0 Å². The number of unbranched alkanes of at least 4 members (excludes halogenated alkanes) is 1. The number of β-amino-alcohol motifs (C(OH)–C–C–N with tert-alkyl or cyclic N) is 1. The van der Waals surface area contributed by atoms with Crippen LogP contribution in [0.2, 0.25) is 5.02 Å². The molecule has 0 aliphatic carbocycles. The minimum atomic E-state index is -0.841. The van der Waals surface area contributed by atoms with E-state index in [9.17, 15) is 19.5 Å². The SMILES string of the molecule is C=CCCCOC(=O)[C@H]1[C@H]2C(=O)N(CCO)C(C(=O)N(CC=C)c3ccc(Cl)cc3)C23CC(Br)[C@@H]1S3. The molecule has 2 amide bonds. The number of carbonyl (C=O) groups is 3. The summed E-state index contributed by atoms with van der Waals surface area (Å²) in [5, 5.41) is 10.2. The van der Waals surface area contributed by atoms with Gasteiger partial charge < -0.3 is 19.6 Å². The third-order valence-electron chi connectivity index (χ3n) is 7.15. The summed E-state index contributed by atoms with van der Waals surface area (Å²) in [5.74, 6) is -2.30. The number of amides is 2. The molecular weight excluding hydrogens is 568 g/mol. The van der Waals surface area contributed by atoms with Gasteiger partial charge in [0, 0.05) is 33.9 Å². The van der Waals surface area contributed by atoms with Crippen LogP contribution in [-0.4, -0.2) is 75.0 Å². The number of likely N-dealkylation sites (tertiary alicyclic amines) is 1. The highest BCUT2D eigenvalue weighted by Crippen LogP contribution is 2.68. The summed E-state index contributed by atoms with van der Waals surface area (Å²) in [6.45, 7) is 7.70. The maximum absolute atomic E-state index is 14.2. The first-order valence-electron chi connectivity index (χ1n) is 12.0. The number of aliphatic hydroxyl groups excluding tert-OH is 1. The van der Waals surface area contributed by atoms with Crippen molar-refractivity contribution in [3.8, 4) is 0 Å². The number of thioether (sulfide) groups is 1. The van der Waals surface area contributed by atoms with E-state index in [0.717, 1.165) is 6.42 Å². The number of ether oxygens (including phenoxy) is 1. The van der Waals surface area contributed by atoms with Gasteiger partial charge >= 0.3 is 5.97 Å². The number of esters is 1. The topological polar surface area (TPSA) is 87.1 Å². The van der Waals surface area contributed by atoms with Crippen LogP contribution in [-0.2, 0) is 19.1 Å². The molecule has 0 saturated carbocycles. The van der Waals surface area contributed by atoms with Crippen LogP contribution in [0.3, 0.4) is 0 Å². The summed E-state index contributed by atoms with van der Waals surface area (Å²) in [5.41, 5.74) is 0.631. The summed E-state index contributed by atoms with van der Waals surface area (Å²) >= 11 is 11.3. The standard InChI is InChI=1S/C26H30BrClN2O5S/c1-3-5-6-14-35-25(34)19-20-23(32)30(12-13-31)22(26(20)15-18(27)21(19)36-26)24(33)29(11-4-2)17-9-7-16(28)8-10-17/h3-4,7-10,18-22,31H,1-2,5-6,11-15H2/t18?,19-,20-,21-,22?,26?/m0/s1.